The van der Waals surface area contributed by atoms with E-state index in [9.17, 15) is 10.4 Å². The molecule has 0 spiro atoms. The highest BCUT2D eigenvalue weighted by Gasteiger charge is 2.47. The molecule has 5 aliphatic heterocycles. The molecular formula is C31H32N8O5. The number of nitriles is 1. The third-order valence-corrected chi connectivity index (χ3v) is 9.25. The average molecular weight is 597 g/mol. The van der Waals surface area contributed by atoms with Crippen LogP contribution in [0.3, 0.4) is 0 Å². The summed E-state index contributed by atoms with van der Waals surface area (Å²) in [6.45, 7) is 3.70. The summed E-state index contributed by atoms with van der Waals surface area (Å²) in [7, 11) is 1.63. The fourth-order valence-corrected chi connectivity index (χ4v) is 6.95. The zero-order valence-electron chi connectivity index (χ0n) is 24.2. The summed E-state index contributed by atoms with van der Waals surface area (Å²) in [4.78, 5) is 18.6. The topological polar surface area (TPSA) is 143 Å². The van der Waals surface area contributed by atoms with Gasteiger partial charge in [-0.15, -0.1) is 0 Å². The van der Waals surface area contributed by atoms with Gasteiger partial charge in [0.25, 0.3) is 0 Å². The molecule has 4 aromatic rings. The van der Waals surface area contributed by atoms with Crippen LogP contribution in [-0.2, 0) is 16.0 Å². The molecule has 44 heavy (non-hydrogen) atoms. The van der Waals surface area contributed by atoms with Crippen molar-refractivity contribution in [2.24, 2.45) is 5.92 Å². The molecule has 4 aromatic heterocycles. The Morgan fingerprint density at radius 3 is 2.61 bits per heavy atom. The number of ether oxygens (including phenoxy) is 4. The molecule has 0 aliphatic carbocycles. The number of aromatic nitrogens is 5. The van der Waals surface area contributed by atoms with Gasteiger partial charge in [0.15, 0.2) is 0 Å². The molecule has 9 heterocycles. The number of fused-ring (bicyclic) bond motifs is 4. The highest BCUT2D eigenvalue weighted by atomic mass is 16.6. The molecule has 0 amide bonds. The number of anilines is 1. The van der Waals surface area contributed by atoms with Crippen molar-refractivity contribution in [1.82, 2.24) is 29.5 Å². The quantitative estimate of drug-likeness (QED) is 0.316. The van der Waals surface area contributed by atoms with Crippen molar-refractivity contribution < 1.29 is 24.1 Å². The van der Waals surface area contributed by atoms with Gasteiger partial charge in [-0.2, -0.15) is 10.4 Å². The summed E-state index contributed by atoms with van der Waals surface area (Å²) in [6, 6.07) is 9.00. The van der Waals surface area contributed by atoms with Crippen molar-refractivity contribution >= 4 is 11.5 Å². The summed E-state index contributed by atoms with van der Waals surface area (Å²) < 4.78 is 24.5. The summed E-state index contributed by atoms with van der Waals surface area (Å²) in [5.41, 5.74) is 3.83. The lowest BCUT2D eigenvalue weighted by Gasteiger charge is -2.56. The lowest BCUT2D eigenvalue weighted by atomic mass is 9.87. The maximum absolute atomic E-state index is 10.1. The predicted molar refractivity (Wildman–Crippen MR) is 156 cm³/mol. The van der Waals surface area contributed by atoms with Crippen molar-refractivity contribution in [2.75, 3.05) is 44.9 Å². The molecule has 1 N–H and O–H groups in total. The van der Waals surface area contributed by atoms with E-state index in [0.717, 1.165) is 30.8 Å². The molecule has 2 bridgehead atoms. The van der Waals surface area contributed by atoms with E-state index >= 15 is 0 Å². The number of hydrogen-bond donors (Lipinski definition) is 1. The number of piperazine rings is 1. The Bertz CT molecular complexity index is 1700. The highest BCUT2D eigenvalue weighted by molar-refractivity contribution is 5.84. The first-order chi connectivity index (χ1) is 21.6. The van der Waals surface area contributed by atoms with Crippen LogP contribution in [0.5, 0.6) is 11.6 Å². The van der Waals surface area contributed by atoms with Crippen molar-refractivity contribution in [2.45, 2.75) is 43.4 Å². The van der Waals surface area contributed by atoms with Crippen molar-refractivity contribution in [1.29, 1.82) is 5.26 Å². The van der Waals surface area contributed by atoms with Gasteiger partial charge >= 0.3 is 0 Å². The van der Waals surface area contributed by atoms with Crippen LogP contribution in [0.1, 0.15) is 17.5 Å². The summed E-state index contributed by atoms with van der Waals surface area (Å²) in [5, 5.41) is 24.2. The Kier molecular flexibility index (Phi) is 6.79. The molecule has 6 unspecified atom stereocenters. The van der Waals surface area contributed by atoms with E-state index in [2.05, 4.69) is 32.0 Å². The first kappa shape index (κ1) is 27.2. The number of aliphatic hydroxyl groups is 1. The van der Waals surface area contributed by atoms with E-state index in [1.165, 1.54) is 12.0 Å². The van der Waals surface area contributed by atoms with E-state index in [1.54, 1.807) is 36.4 Å². The van der Waals surface area contributed by atoms with Crippen molar-refractivity contribution in [3.63, 3.8) is 0 Å². The molecule has 6 atom stereocenters. The van der Waals surface area contributed by atoms with Crippen LogP contribution in [0.25, 0.3) is 16.6 Å². The first-order valence-electron chi connectivity index (χ1n) is 14.9. The molecule has 5 aliphatic rings. The second-order valence-electron chi connectivity index (χ2n) is 11.9. The molecule has 13 heteroatoms. The van der Waals surface area contributed by atoms with Gasteiger partial charge in [-0.05, 0) is 18.1 Å². The minimum atomic E-state index is -0.601. The van der Waals surface area contributed by atoms with Gasteiger partial charge in [0.2, 0.25) is 11.8 Å². The second-order valence-corrected chi connectivity index (χ2v) is 11.9. The molecule has 13 nitrogen and oxygen atoms in total. The molecule has 0 saturated carbocycles. The van der Waals surface area contributed by atoms with Crippen LogP contribution in [0.15, 0.2) is 49.2 Å². The Labute approximate surface area is 253 Å². The van der Waals surface area contributed by atoms with E-state index in [4.69, 9.17) is 28.9 Å². The Morgan fingerprint density at radius 1 is 1.05 bits per heavy atom. The van der Waals surface area contributed by atoms with Gasteiger partial charge in [-0.1, -0.05) is 6.07 Å². The van der Waals surface area contributed by atoms with Gasteiger partial charge in [-0.3, -0.25) is 4.90 Å². The van der Waals surface area contributed by atoms with E-state index in [1.807, 2.05) is 18.3 Å². The summed E-state index contributed by atoms with van der Waals surface area (Å²) in [5.74, 6) is 1.92. The Hall–Kier alpha value is -4.35. The monoisotopic (exact) mass is 596 g/mol. The zero-order valence-corrected chi connectivity index (χ0v) is 24.2. The summed E-state index contributed by atoms with van der Waals surface area (Å²) in [6.07, 6.45) is 8.89. The maximum Gasteiger partial charge on any atom is 0.225 e. The highest BCUT2D eigenvalue weighted by Crippen LogP contribution is 2.36. The smallest absolute Gasteiger partial charge is 0.225 e. The first-order valence-corrected chi connectivity index (χ1v) is 14.9. The Balaban J connectivity index is 0.978. The van der Waals surface area contributed by atoms with E-state index in [0.29, 0.717) is 54.0 Å². The number of hydrogen-bond acceptors (Lipinski definition) is 12. The largest absolute Gasteiger partial charge is 0.491 e. The lowest BCUT2D eigenvalue weighted by Crippen LogP contribution is -2.68. The van der Waals surface area contributed by atoms with Crippen LogP contribution >= 0.6 is 0 Å². The number of rotatable bonds is 8. The third kappa shape index (κ3) is 4.71. The number of aliphatic hydroxyl groups excluding tert-OH is 1. The minimum absolute atomic E-state index is 0.00533. The van der Waals surface area contributed by atoms with Crippen LogP contribution in [0.4, 0.5) is 5.95 Å². The van der Waals surface area contributed by atoms with E-state index in [-0.39, 0.29) is 24.7 Å². The Morgan fingerprint density at radius 2 is 1.86 bits per heavy atom. The fraction of sp³-hybridized carbons (Fsp3) is 0.452. The molecule has 226 valence electrons. The van der Waals surface area contributed by atoms with Crippen molar-refractivity contribution in [3.05, 3.63) is 60.3 Å². The third-order valence-electron chi connectivity index (χ3n) is 9.25. The molecule has 5 saturated heterocycles. The van der Waals surface area contributed by atoms with Gasteiger partial charge in [0.1, 0.15) is 24.0 Å². The number of piperidine rings is 1. The number of methoxy groups -OCH3 is 1. The zero-order chi connectivity index (χ0) is 29.8. The minimum Gasteiger partial charge on any atom is -0.491 e. The SMILES string of the molecule is COc1ccc(CN2C3CC2CN(c2ncc(-c4cc(OCC5COC6C(O)COC56)cn5ncc(C#N)c45)cn2)C3)cn1. The average Bonchev–Trinajstić information content (AvgIpc) is 3.78. The van der Waals surface area contributed by atoms with Crippen LogP contribution < -0.4 is 14.4 Å². The molecular weight excluding hydrogens is 564 g/mol. The maximum atomic E-state index is 10.1. The number of pyridine rings is 2. The van der Waals surface area contributed by atoms with Gasteiger partial charge < -0.3 is 29.0 Å². The molecule has 0 radical (unpaired) electrons. The van der Waals surface area contributed by atoms with Gasteiger partial charge in [0, 0.05) is 73.4 Å². The van der Waals surface area contributed by atoms with Crippen LogP contribution in [0.2, 0.25) is 0 Å². The predicted octanol–water partition coefficient (Wildman–Crippen LogP) is 1.68. The molecule has 9 rings (SSSR count). The standard InChI is InChI=1S/C31H32N8O5/c1-41-27-3-2-18(7-33-27)11-38-22-4-23(38)13-37(12-22)31-34-8-20(9-35-31)25-5-24(14-39-28(25)19(6-32)10-36-39)42-15-21-16-43-30-26(40)17-44-29(21)30/h2-3,5,7-10,14,21-23,26,29-30,40H,4,11-13,15-17H2,1H3. The second kappa shape index (κ2) is 11.0. The van der Waals surface area contributed by atoms with Crippen molar-refractivity contribution in [3.8, 4) is 28.8 Å². The lowest BCUT2D eigenvalue weighted by molar-refractivity contribution is -0.00904. The number of nitrogens with zero attached hydrogens (tertiary/aromatic N) is 8. The fourth-order valence-electron chi connectivity index (χ4n) is 6.95. The van der Waals surface area contributed by atoms with Crippen LogP contribution in [-0.4, -0.2) is 105 Å². The summed E-state index contributed by atoms with van der Waals surface area (Å²) >= 11 is 0. The molecule has 5 fully saturated rings. The molecule has 0 aromatic carbocycles. The van der Waals surface area contributed by atoms with Gasteiger partial charge in [-0.25, -0.2) is 19.5 Å². The normalized spacial score (nSPS) is 27.6. The van der Waals surface area contributed by atoms with E-state index < -0.39 is 6.10 Å². The van der Waals surface area contributed by atoms with Gasteiger partial charge in [0.05, 0.1) is 56.5 Å². The van der Waals surface area contributed by atoms with Crippen LogP contribution in [0, 0.1) is 17.2 Å².